The number of nitrogens with one attached hydrogen (secondary N) is 2. The maximum absolute atomic E-state index is 11.6. The molecule has 1 unspecified atom stereocenters. The summed E-state index contributed by atoms with van der Waals surface area (Å²) in [7, 11) is 0. The van der Waals surface area contributed by atoms with Crippen LogP contribution in [-0.4, -0.2) is 126 Å². The molecule has 2 atom stereocenters. The zero-order chi connectivity index (χ0) is 33.2. The van der Waals surface area contributed by atoms with Crippen LogP contribution in [0.1, 0.15) is 90.9 Å². The lowest BCUT2D eigenvalue weighted by molar-refractivity contribution is -0.125. The Morgan fingerprint density at radius 3 is 1.57 bits per heavy atom. The first-order valence-electron chi connectivity index (χ1n) is 17.4. The van der Waals surface area contributed by atoms with E-state index in [2.05, 4.69) is 48.1 Å². The van der Waals surface area contributed by atoms with Gasteiger partial charge in [0.1, 0.15) is 0 Å². The summed E-state index contributed by atoms with van der Waals surface area (Å²) in [5.74, 6) is 1.63. The monoisotopic (exact) mass is 635 g/mol. The van der Waals surface area contributed by atoms with Gasteiger partial charge in [-0.25, -0.2) is 0 Å². The first-order valence-corrected chi connectivity index (χ1v) is 17.4. The van der Waals surface area contributed by atoms with Crippen molar-refractivity contribution in [3.05, 3.63) is 0 Å². The summed E-state index contributed by atoms with van der Waals surface area (Å²) in [6, 6.07) is 0. The molecule has 0 radical (unpaired) electrons. The molecule has 10 nitrogen and oxygen atoms in total. The molecule has 0 aromatic rings. The lowest BCUT2D eigenvalue weighted by atomic mass is 10.1. The molecule has 2 aliphatic rings. The van der Waals surface area contributed by atoms with E-state index in [9.17, 15) is 9.59 Å². The third-order valence-corrected chi connectivity index (χ3v) is 7.30. The van der Waals surface area contributed by atoms with E-state index in [0.29, 0.717) is 13.1 Å². The number of nitrogens with zero attached hydrogens (tertiary/aromatic N) is 2. The average Bonchev–Trinajstić information content (AvgIpc) is 3.00. The zero-order valence-corrected chi connectivity index (χ0v) is 30.0. The van der Waals surface area contributed by atoms with Crippen LogP contribution in [0.4, 0.5) is 0 Å². The van der Waals surface area contributed by atoms with E-state index in [1.54, 1.807) is 0 Å². The maximum atomic E-state index is 11.6. The van der Waals surface area contributed by atoms with Gasteiger partial charge >= 0.3 is 0 Å². The van der Waals surface area contributed by atoms with E-state index in [0.717, 1.165) is 104 Å². The molecule has 2 fully saturated rings. The zero-order valence-electron chi connectivity index (χ0n) is 30.0. The normalized spacial score (nSPS) is 19.3. The Labute approximate surface area is 273 Å². The molecule has 266 valence electrons. The van der Waals surface area contributed by atoms with Crippen molar-refractivity contribution in [1.29, 1.82) is 0 Å². The van der Waals surface area contributed by atoms with Gasteiger partial charge in [-0.15, -0.1) is 0 Å². The predicted molar refractivity (Wildman–Crippen MR) is 184 cm³/mol. The van der Waals surface area contributed by atoms with Gasteiger partial charge in [0.25, 0.3) is 0 Å². The molecule has 2 heterocycles. The predicted octanol–water partition coefficient (Wildman–Crippen LogP) is 4.71. The quantitative estimate of drug-likeness (QED) is 0.197. The number of ether oxygens (including phenoxy) is 4. The fourth-order valence-corrected chi connectivity index (χ4v) is 4.67. The summed E-state index contributed by atoms with van der Waals surface area (Å²) in [5.41, 5.74) is 0. The Morgan fingerprint density at radius 2 is 1.18 bits per heavy atom. The fraction of sp³-hybridized carbons (Fsp3) is 0.941. The highest BCUT2D eigenvalue weighted by Crippen LogP contribution is 2.07. The Bertz CT molecular complexity index is 707. The Morgan fingerprint density at radius 1 is 0.750 bits per heavy atom. The number of carbonyl (C=O) groups excluding carboxylic acids is 2. The molecule has 0 saturated carbocycles. The van der Waals surface area contributed by atoms with Crippen LogP contribution in [0.15, 0.2) is 0 Å². The van der Waals surface area contributed by atoms with Crippen LogP contribution in [0.5, 0.6) is 0 Å². The number of rotatable bonds is 19. The minimum Gasteiger partial charge on any atom is -0.380 e. The molecular formula is C34H74N4O6. The van der Waals surface area contributed by atoms with Crippen molar-refractivity contribution in [1.82, 2.24) is 20.4 Å². The second-order valence-electron chi connectivity index (χ2n) is 12.7. The van der Waals surface area contributed by atoms with Crippen molar-refractivity contribution in [2.45, 2.75) is 100 Å². The summed E-state index contributed by atoms with van der Waals surface area (Å²) in [4.78, 5) is 27.2. The molecule has 0 spiro atoms. The van der Waals surface area contributed by atoms with Crippen LogP contribution >= 0.6 is 0 Å². The van der Waals surface area contributed by atoms with Gasteiger partial charge in [-0.05, 0) is 37.5 Å². The first kappa shape index (κ1) is 42.7. The van der Waals surface area contributed by atoms with Crippen molar-refractivity contribution in [3.8, 4) is 0 Å². The Hall–Kier alpha value is -1.30. The molecule has 0 aromatic carbocycles. The smallest absolute Gasteiger partial charge is 0.222 e. The largest absolute Gasteiger partial charge is 0.380 e. The van der Waals surface area contributed by atoms with Crippen molar-refractivity contribution in [3.63, 3.8) is 0 Å². The highest BCUT2D eigenvalue weighted by atomic mass is 16.5. The number of amides is 2. The minimum atomic E-state index is -0.000732. The van der Waals surface area contributed by atoms with Gasteiger partial charge < -0.3 is 29.6 Å². The number of hydrogen-bond donors (Lipinski definition) is 2. The van der Waals surface area contributed by atoms with E-state index in [4.69, 9.17) is 18.9 Å². The van der Waals surface area contributed by atoms with Crippen molar-refractivity contribution in [2.24, 2.45) is 17.8 Å². The number of carbonyl (C=O) groups is 2. The highest BCUT2D eigenvalue weighted by Gasteiger charge is 2.22. The molecule has 10 heteroatoms. The molecule has 0 aromatic heterocycles. The number of hydrogen-bond acceptors (Lipinski definition) is 8. The van der Waals surface area contributed by atoms with Gasteiger partial charge in [-0.1, -0.05) is 55.4 Å². The molecule has 0 aliphatic carbocycles. The third kappa shape index (κ3) is 25.0. The molecule has 0 bridgehead atoms. The lowest BCUT2D eigenvalue weighted by Gasteiger charge is -2.33. The van der Waals surface area contributed by atoms with E-state index in [1.807, 2.05) is 27.7 Å². The Balaban J connectivity index is -0.000000735. The molecule has 2 N–H and O–H groups in total. The van der Waals surface area contributed by atoms with Crippen LogP contribution in [0.3, 0.4) is 0 Å². The van der Waals surface area contributed by atoms with Crippen LogP contribution in [-0.2, 0) is 28.5 Å². The topological polar surface area (TPSA) is 102 Å². The molecule has 2 rings (SSSR count). The van der Waals surface area contributed by atoms with E-state index < -0.39 is 0 Å². The summed E-state index contributed by atoms with van der Waals surface area (Å²) < 4.78 is 22.7. The minimum absolute atomic E-state index is 0. The van der Waals surface area contributed by atoms with Crippen LogP contribution in [0.2, 0.25) is 0 Å². The average molecular weight is 635 g/mol. The summed E-state index contributed by atoms with van der Waals surface area (Å²) in [5, 5.41) is 5.75. The van der Waals surface area contributed by atoms with Crippen LogP contribution in [0.25, 0.3) is 0 Å². The molecule has 2 saturated heterocycles. The molecule has 2 aliphatic heterocycles. The standard InChI is InChI=1S/C17H34N2O3.C15H30N2O3.C2H6.2H2/c1-14(2)6-5-9-21-10-7-19-8-11-22-16(13-19)12-18-17(20)15(3)4;1-13(2)5-4-8-19-9-6-17-7-10-20-15(12-17)11-16-14(3)18;1-2;;/h14-16H,5-13H2,1-4H3,(H,18,20);13,15H,4-12H2,1-3H3,(H,16,18);1-2H3;2*1H/t16-;;;;/m1..../s1. The van der Waals surface area contributed by atoms with E-state index >= 15 is 0 Å². The summed E-state index contributed by atoms with van der Waals surface area (Å²) >= 11 is 0. The first-order chi connectivity index (χ1) is 21.1. The molecule has 44 heavy (non-hydrogen) atoms. The van der Waals surface area contributed by atoms with Crippen molar-refractivity contribution in [2.75, 3.05) is 92.0 Å². The highest BCUT2D eigenvalue weighted by molar-refractivity contribution is 5.77. The van der Waals surface area contributed by atoms with Gasteiger partial charge in [-0.3, -0.25) is 19.4 Å². The maximum Gasteiger partial charge on any atom is 0.222 e. The SMILES string of the molecule is CC.CC(=O)NCC1CN(CCOCCCC(C)C)CCO1.CC(C)CCCOCCN1CCO[C@H](CNC(=O)C(C)C)C1.[HH].[HH]. The van der Waals surface area contributed by atoms with Crippen molar-refractivity contribution < 1.29 is 31.4 Å². The number of morpholine rings is 2. The van der Waals surface area contributed by atoms with Gasteiger partial charge in [0.05, 0.1) is 38.6 Å². The van der Waals surface area contributed by atoms with Crippen LogP contribution in [0, 0.1) is 17.8 Å². The summed E-state index contributed by atoms with van der Waals surface area (Å²) in [6.45, 7) is 29.8. The van der Waals surface area contributed by atoms with Crippen LogP contribution < -0.4 is 10.6 Å². The lowest BCUT2D eigenvalue weighted by Crippen LogP contribution is -2.48. The summed E-state index contributed by atoms with van der Waals surface area (Å²) in [6.07, 6.45) is 4.95. The van der Waals surface area contributed by atoms with Gasteiger partial charge in [0.15, 0.2) is 0 Å². The van der Waals surface area contributed by atoms with E-state index in [1.165, 1.54) is 19.8 Å². The van der Waals surface area contributed by atoms with Gasteiger partial charge in [-0.2, -0.15) is 0 Å². The fourth-order valence-electron chi connectivity index (χ4n) is 4.67. The molecular weight excluding hydrogens is 560 g/mol. The van der Waals surface area contributed by atoms with Gasteiger partial charge in [0.2, 0.25) is 11.8 Å². The second kappa shape index (κ2) is 28.0. The Kier molecular flexibility index (Phi) is 27.1. The second-order valence-corrected chi connectivity index (χ2v) is 12.7. The third-order valence-electron chi connectivity index (χ3n) is 7.30. The van der Waals surface area contributed by atoms with Crippen molar-refractivity contribution >= 4 is 11.8 Å². The molecule has 2 amide bonds. The van der Waals surface area contributed by atoms with E-state index in [-0.39, 0.29) is 32.8 Å². The van der Waals surface area contributed by atoms with Gasteiger partial charge in [0, 0.05) is 81.3 Å².